The molecule has 0 spiro atoms. The Balaban J connectivity index is 0. The largest absolute Gasteiger partial charge is 0.411 e. The van der Waals surface area contributed by atoms with Crippen LogP contribution >= 0.6 is 0 Å². The van der Waals surface area contributed by atoms with Gasteiger partial charge in [-0.1, -0.05) is 10.3 Å². The normalized spacial score (nSPS) is 12.7. The van der Waals surface area contributed by atoms with Crippen molar-refractivity contribution in [2.45, 2.75) is 13.8 Å². The fourth-order valence-corrected chi connectivity index (χ4v) is 0.145. The third-order valence-corrected chi connectivity index (χ3v) is 0.824. The van der Waals surface area contributed by atoms with Crippen molar-refractivity contribution in [2.75, 3.05) is 0 Å². The van der Waals surface area contributed by atoms with Crippen molar-refractivity contribution < 1.29 is 10.4 Å². The first kappa shape index (κ1) is 12.3. The van der Waals surface area contributed by atoms with Gasteiger partial charge in [-0.2, -0.15) is 0 Å². The molecular formula is C4H8KN2O2. The van der Waals surface area contributed by atoms with E-state index in [1.165, 1.54) is 13.8 Å². The van der Waals surface area contributed by atoms with E-state index in [0.29, 0.717) is 11.4 Å². The van der Waals surface area contributed by atoms with Crippen LogP contribution in [0.1, 0.15) is 13.8 Å². The van der Waals surface area contributed by atoms with Gasteiger partial charge in [0.25, 0.3) is 0 Å². The van der Waals surface area contributed by atoms with Crippen LogP contribution < -0.4 is 0 Å². The van der Waals surface area contributed by atoms with Gasteiger partial charge in [-0.25, -0.2) is 0 Å². The SMILES string of the molecule is CC(=NO)C(C)=NO.[K]. The summed E-state index contributed by atoms with van der Waals surface area (Å²) in [4.78, 5) is 0. The predicted octanol–water partition coefficient (Wildman–Crippen LogP) is 0.306. The molecule has 0 amide bonds. The van der Waals surface area contributed by atoms with Gasteiger partial charge in [0.2, 0.25) is 0 Å². The molecule has 47 valence electrons. The van der Waals surface area contributed by atoms with Crippen molar-refractivity contribution in [1.29, 1.82) is 0 Å². The molecule has 9 heavy (non-hydrogen) atoms. The minimum absolute atomic E-state index is 0. The molecule has 0 atom stereocenters. The zero-order valence-electron chi connectivity index (χ0n) is 5.79. The molecular weight excluding hydrogens is 147 g/mol. The minimum atomic E-state index is 0. The molecule has 0 heterocycles. The Morgan fingerprint density at radius 3 is 1.33 bits per heavy atom. The number of nitrogens with zero attached hydrogens (tertiary/aromatic N) is 2. The van der Waals surface area contributed by atoms with Gasteiger partial charge >= 0.3 is 0 Å². The summed E-state index contributed by atoms with van der Waals surface area (Å²) in [5.74, 6) is 0. The number of rotatable bonds is 1. The molecule has 0 unspecified atom stereocenters. The Bertz CT molecular complexity index is 117. The van der Waals surface area contributed by atoms with E-state index in [0.717, 1.165) is 0 Å². The van der Waals surface area contributed by atoms with Crippen molar-refractivity contribution in [2.24, 2.45) is 10.3 Å². The zero-order chi connectivity index (χ0) is 6.57. The fraction of sp³-hybridized carbons (Fsp3) is 0.500. The van der Waals surface area contributed by atoms with Crippen LogP contribution in [-0.4, -0.2) is 73.2 Å². The van der Waals surface area contributed by atoms with E-state index in [-0.39, 0.29) is 51.4 Å². The van der Waals surface area contributed by atoms with E-state index in [2.05, 4.69) is 10.3 Å². The van der Waals surface area contributed by atoms with Crippen LogP contribution in [-0.2, 0) is 0 Å². The summed E-state index contributed by atoms with van der Waals surface area (Å²) >= 11 is 0. The molecule has 5 heteroatoms. The summed E-state index contributed by atoms with van der Waals surface area (Å²) in [6.07, 6.45) is 0. The second-order valence-electron chi connectivity index (χ2n) is 1.37. The maximum atomic E-state index is 8.03. The van der Waals surface area contributed by atoms with E-state index in [9.17, 15) is 0 Å². The molecule has 0 rings (SSSR count). The molecule has 0 bridgehead atoms. The molecule has 0 aromatic heterocycles. The first-order chi connectivity index (χ1) is 3.72. The van der Waals surface area contributed by atoms with Gasteiger partial charge in [-0.05, 0) is 13.8 Å². The van der Waals surface area contributed by atoms with E-state index < -0.39 is 0 Å². The molecule has 0 aromatic carbocycles. The summed E-state index contributed by atoms with van der Waals surface area (Å²) in [5, 5.41) is 21.6. The van der Waals surface area contributed by atoms with Gasteiger partial charge in [0.1, 0.15) is 11.4 Å². The number of oxime groups is 2. The molecule has 4 nitrogen and oxygen atoms in total. The maximum absolute atomic E-state index is 8.03. The fourth-order valence-electron chi connectivity index (χ4n) is 0.145. The first-order valence-corrected chi connectivity index (χ1v) is 2.10. The van der Waals surface area contributed by atoms with E-state index in [1.54, 1.807) is 0 Å². The van der Waals surface area contributed by atoms with Gasteiger partial charge in [0.15, 0.2) is 0 Å². The van der Waals surface area contributed by atoms with E-state index in [1.807, 2.05) is 0 Å². The van der Waals surface area contributed by atoms with Gasteiger partial charge in [0, 0.05) is 51.4 Å². The summed E-state index contributed by atoms with van der Waals surface area (Å²) < 4.78 is 0. The van der Waals surface area contributed by atoms with Gasteiger partial charge in [0.05, 0.1) is 0 Å². The van der Waals surface area contributed by atoms with Crippen molar-refractivity contribution in [3.8, 4) is 0 Å². The Morgan fingerprint density at radius 1 is 1.00 bits per heavy atom. The van der Waals surface area contributed by atoms with Crippen LogP contribution in [0.15, 0.2) is 10.3 Å². The summed E-state index contributed by atoms with van der Waals surface area (Å²) in [5.41, 5.74) is 0.625. The van der Waals surface area contributed by atoms with Crippen molar-refractivity contribution in [1.82, 2.24) is 0 Å². The topological polar surface area (TPSA) is 65.2 Å². The van der Waals surface area contributed by atoms with E-state index >= 15 is 0 Å². The second-order valence-corrected chi connectivity index (χ2v) is 1.37. The van der Waals surface area contributed by atoms with Crippen molar-refractivity contribution >= 4 is 62.8 Å². The van der Waals surface area contributed by atoms with Gasteiger partial charge < -0.3 is 10.4 Å². The van der Waals surface area contributed by atoms with Crippen LogP contribution in [0, 0.1) is 0 Å². The maximum Gasteiger partial charge on any atom is 0.101 e. The Kier molecular flexibility index (Phi) is 9.13. The van der Waals surface area contributed by atoms with Crippen LogP contribution in [0.5, 0.6) is 0 Å². The number of hydrogen-bond donors (Lipinski definition) is 2. The Hall–Kier alpha value is 0.576. The summed E-state index contributed by atoms with van der Waals surface area (Å²) in [7, 11) is 0. The van der Waals surface area contributed by atoms with Gasteiger partial charge in [-0.3, -0.25) is 0 Å². The van der Waals surface area contributed by atoms with Crippen molar-refractivity contribution in [3.05, 3.63) is 0 Å². The molecule has 0 aromatic rings. The quantitative estimate of drug-likeness (QED) is 0.248. The standard InChI is InChI=1S/C4H8N2O2.K/c1-3(5-7)4(2)6-8;/h7-8H,1-2H3;. The zero-order valence-corrected chi connectivity index (χ0v) is 8.91. The predicted molar refractivity (Wildman–Crippen MR) is 35.5 cm³/mol. The average Bonchev–Trinajstić information content (AvgIpc) is 1.84. The molecule has 1 radical (unpaired) electrons. The smallest absolute Gasteiger partial charge is 0.101 e. The van der Waals surface area contributed by atoms with Crippen LogP contribution in [0.3, 0.4) is 0 Å². The van der Waals surface area contributed by atoms with Crippen LogP contribution in [0.25, 0.3) is 0 Å². The average molecular weight is 155 g/mol. The molecule has 0 aliphatic carbocycles. The summed E-state index contributed by atoms with van der Waals surface area (Å²) in [6, 6.07) is 0. The van der Waals surface area contributed by atoms with E-state index in [4.69, 9.17) is 10.4 Å². The van der Waals surface area contributed by atoms with Gasteiger partial charge in [-0.15, -0.1) is 0 Å². The third kappa shape index (κ3) is 5.04. The van der Waals surface area contributed by atoms with Crippen molar-refractivity contribution in [3.63, 3.8) is 0 Å². The molecule has 2 N–H and O–H groups in total. The molecule has 0 saturated carbocycles. The van der Waals surface area contributed by atoms with Crippen LogP contribution in [0.2, 0.25) is 0 Å². The molecule has 0 aliphatic rings. The Morgan fingerprint density at radius 2 is 1.22 bits per heavy atom. The third-order valence-electron chi connectivity index (χ3n) is 0.824. The second kappa shape index (κ2) is 6.69. The molecule has 0 fully saturated rings. The summed E-state index contributed by atoms with van der Waals surface area (Å²) in [6.45, 7) is 3.07. The molecule has 0 aliphatic heterocycles. The van der Waals surface area contributed by atoms with Crippen LogP contribution in [0.4, 0.5) is 0 Å². The molecule has 0 saturated heterocycles. The first-order valence-electron chi connectivity index (χ1n) is 2.10. The monoisotopic (exact) mass is 155 g/mol. The number of hydrogen-bond acceptors (Lipinski definition) is 4. The Labute approximate surface area is 96.0 Å². The minimum Gasteiger partial charge on any atom is -0.411 e.